The first-order valence-electron chi connectivity index (χ1n) is 8.84. The van der Waals surface area contributed by atoms with Crippen LogP contribution >= 0.6 is 11.6 Å². The molecule has 1 aromatic carbocycles. The molecular formula is C19H28ClN3O2. The summed E-state index contributed by atoms with van der Waals surface area (Å²) in [5, 5.41) is 3.72. The molecule has 25 heavy (non-hydrogen) atoms. The maximum Gasteiger partial charge on any atom is 0.253 e. The molecule has 0 bridgehead atoms. The first-order valence-corrected chi connectivity index (χ1v) is 9.22. The van der Waals surface area contributed by atoms with Crippen molar-refractivity contribution < 1.29 is 9.59 Å². The SMILES string of the molecule is CCC(C)(C)NC(=O)C(C)N1CCN(C(=O)c2ccc(Cl)cc2)CC1. The Bertz CT molecular complexity index is 608. The van der Waals surface area contributed by atoms with Gasteiger partial charge >= 0.3 is 0 Å². The second kappa shape index (κ2) is 8.19. The second-order valence-electron chi connectivity index (χ2n) is 7.24. The van der Waals surface area contributed by atoms with E-state index in [0.29, 0.717) is 36.8 Å². The smallest absolute Gasteiger partial charge is 0.253 e. The lowest BCUT2D eigenvalue weighted by atomic mass is 10.0. The Morgan fingerprint density at radius 2 is 1.72 bits per heavy atom. The molecule has 1 heterocycles. The Morgan fingerprint density at radius 1 is 1.16 bits per heavy atom. The van der Waals surface area contributed by atoms with Crippen molar-refractivity contribution in [3.63, 3.8) is 0 Å². The zero-order valence-electron chi connectivity index (χ0n) is 15.5. The minimum atomic E-state index is -0.197. The zero-order chi connectivity index (χ0) is 18.6. The zero-order valence-corrected chi connectivity index (χ0v) is 16.3. The van der Waals surface area contributed by atoms with Crippen molar-refractivity contribution in [2.45, 2.75) is 45.7 Å². The molecular weight excluding hydrogens is 338 g/mol. The average Bonchev–Trinajstić information content (AvgIpc) is 2.61. The lowest BCUT2D eigenvalue weighted by Gasteiger charge is -2.38. The first-order chi connectivity index (χ1) is 11.7. The van der Waals surface area contributed by atoms with Crippen molar-refractivity contribution in [1.82, 2.24) is 15.1 Å². The Kier molecular flexibility index (Phi) is 6.47. The molecule has 1 aromatic rings. The maximum atomic E-state index is 12.5. The van der Waals surface area contributed by atoms with Gasteiger partial charge in [0.25, 0.3) is 5.91 Å². The molecule has 1 atom stereocenters. The number of nitrogens with one attached hydrogen (secondary N) is 1. The molecule has 2 rings (SSSR count). The molecule has 0 aliphatic carbocycles. The van der Waals surface area contributed by atoms with E-state index in [4.69, 9.17) is 11.6 Å². The number of rotatable bonds is 5. The van der Waals surface area contributed by atoms with Crippen LogP contribution in [0.3, 0.4) is 0 Å². The molecule has 1 aliphatic heterocycles. The Hall–Kier alpha value is -1.59. The molecule has 1 saturated heterocycles. The number of carbonyl (C=O) groups is 2. The molecule has 5 nitrogen and oxygen atoms in total. The minimum Gasteiger partial charge on any atom is -0.350 e. The molecule has 6 heteroatoms. The van der Waals surface area contributed by atoms with Crippen molar-refractivity contribution in [2.24, 2.45) is 0 Å². The van der Waals surface area contributed by atoms with Crippen LogP contribution in [-0.2, 0) is 4.79 Å². The quantitative estimate of drug-likeness (QED) is 0.872. The molecule has 0 saturated carbocycles. The topological polar surface area (TPSA) is 52.7 Å². The van der Waals surface area contributed by atoms with Crippen LogP contribution < -0.4 is 5.32 Å². The summed E-state index contributed by atoms with van der Waals surface area (Å²) < 4.78 is 0. The van der Waals surface area contributed by atoms with E-state index in [1.54, 1.807) is 24.3 Å². The van der Waals surface area contributed by atoms with Crippen molar-refractivity contribution in [3.05, 3.63) is 34.9 Å². The van der Waals surface area contributed by atoms with Crippen LogP contribution in [-0.4, -0.2) is 59.4 Å². The van der Waals surface area contributed by atoms with E-state index in [1.807, 2.05) is 25.7 Å². The summed E-state index contributed by atoms with van der Waals surface area (Å²) in [6.45, 7) is 10.7. The van der Waals surface area contributed by atoms with Gasteiger partial charge in [-0.3, -0.25) is 14.5 Å². The van der Waals surface area contributed by atoms with Crippen molar-refractivity contribution in [3.8, 4) is 0 Å². The summed E-state index contributed by atoms with van der Waals surface area (Å²) >= 11 is 5.87. The van der Waals surface area contributed by atoms with Crippen molar-refractivity contribution >= 4 is 23.4 Å². The monoisotopic (exact) mass is 365 g/mol. The molecule has 0 radical (unpaired) electrons. The highest BCUT2D eigenvalue weighted by Gasteiger charge is 2.29. The predicted octanol–water partition coefficient (Wildman–Crippen LogP) is 2.79. The number of carbonyl (C=O) groups excluding carboxylic acids is 2. The third kappa shape index (κ3) is 5.19. The van der Waals surface area contributed by atoms with Gasteiger partial charge in [-0.15, -0.1) is 0 Å². The van der Waals surface area contributed by atoms with Gasteiger partial charge in [0.05, 0.1) is 6.04 Å². The minimum absolute atomic E-state index is 0.0144. The summed E-state index contributed by atoms with van der Waals surface area (Å²) in [6.07, 6.45) is 0.884. The summed E-state index contributed by atoms with van der Waals surface area (Å²) in [6, 6.07) is 6.76. The Morgan fingerprint density at radius 3 is 2.24 bits per heavy atom. The van der Waals surface area contributed by atoms with Crippen LogP contribution in [0, 0.1) is 0 Å². The van der Waals surface area contributed by atoms with E-state index in [2.05, 4.69) is 17.1 Å². The van der Waals surface area contributed by atoms with E-state index in [0.717, 1.165) is 6.42 Å². The van der Waals surface area contributed by atoms with Crippen LogP contribution in [0.2, 0.25) is 5.02 Å². The van der Waals surface area contributed by atoms with Gasteiger partial charge in [0.1, 0.15) is 0 Å². The third-order valence-corrected chi connectivity index (χ3v) is 5.22. The maximum absolute atomic E-state index is 12.5. The highest BCUT2D eigenvalue weighted by atomic mass is 35.5. The molecule has 138 valence electrons. The predicted molar refractivity (Wildman–Crippen MR) is 101 cm³/mol. The number of piperazine rings is 1. The first kappa shape index (κ1) is 19.7. The number of benzene rings is 1. The van der Waals surface area contributed by atoms with E-state index < -0.39 is 0 Å². The fraction of sp³-hybridized carbons (Fsp3) is 0.579. The van der Waals surface area contributed by atoms with Gasteiger partial charge in [0, 0.05) is 42.3 Å². The van der Waals surface area contributed by atoms with Gasteiger partial charge in [-0.05, 0) is 51.5 Å². The molecule has 2 amide bonds. The van der Waals surface area contributed by atoms with Gasteiger partial charge in [-0.25, -0.2) is 0 Å². The standard InChI is InChI=1S/C19H28ClN3O2/c1-5-19(3,4)21-17(24)14(2)22-10-12-23(13-11-22)18(25)15-6-8-16(20)9-7-15/h6-9,14H,5,10-13H2,1-4H3,(H,21,24). The molecule has 1 fully saturated rings. The van der Waals surface area contributed by atoms with E-state index in [1.165, 1.54) is 0 Å². The largest absolute Gasteiger partial charge is 0.350 e. The Labute approximate surface area is 155 Å². The fourth-order valence-corrected chi connectivity index (χ4v) is 2.91. The Balaban J connectivity index is 1.89. The molecule has 1 unspecified atom stereocenters. The summed E-state index contributed by atoms with van der Waals surface area (Å²) in [7, 11) is 0. The van der Waals surface area contributed by atoms with Gasteiger partial charge in [-0.2, -0.15) is 0 Å². The molecule has 0 spiro atoms. The van der Waals surface area contributed by atoms with Gasteiger partial charge in [-0.1, -0.05) is 18.5 Å². The lowest BCUT2D eigenvalue weighted by Crippen LogP contribution is -2.57. The summed E-state index contributed by atoms with van der Waals surface area (Å²) in [5.74, 6) is 0.0601. The van der Waals surface area contributed by atoms with E-state index in [9.17, 15) is 9.59 Å². The van der Waals surface area contributed by atoms with E-state index in [-0.39, 0.29) is 23.4 Å². The van der Waals surface area contributed by atoms with Crippen LogP contribution in [0.4, 0.5) is 0 Å². The van der Waals surface area contributed by atoms with Crippen LogP contribution in [0.5, 0.6) is 0 Å². The number of halogens is 1. The highest BCUT2D eigenvalue weighted by molar-refractivity contribution is 6.30. The lowest BCUT2D eigenvalue weighted by molar-refractivity contribution is -0.128. The van der Waals surface area contributed by atoms with Crippen LogP contribution in [0.25, 0.3) is 0 Å². The third-order valence-electron chi connectivity index (χ3n) is 4.97. The number of hydrogen-bond donors (Lipinski definition) is 1. The molecule has 1 aliphatic rings. The van der Waals surface area contributed by atoms with Crippen molar-refractivity contribution in [2.75, 3.05) is 26.2 Å². The van der Waals surface area contributed by atoms with E-state index >= 15 is 0 Å². The normalized spacial score (nSPS) is 17.2. The number of hydrogen-bond acceptors (Lipinski definition) is 3. The molecule has 1 N–H and O–H groups in total. The summed E-state index contributed by atoms with van der Waals surface area (Å²) in [5.41, 5.74) is 0.450. The van der Waals surface area contributed by atoms with Crippen LogP contribution in [0.15, 0.2) is 24.3 Å². The van der Waals surface area contributed by atoms with Gasteiger partial charge in [0.2, 0.25) is 5.91 Å². The second-order valence-corrected chi connectivity index (χ2v) is 7.67. The molecule has 0 aromatic heterocycles. The number of nitrogens with zero attached hydrogens (tertiary/aromatic N) is 2. The average molecular weight is 366 g/mol. The van der Waals surface area contributed by atoms with Gasteiger partial charge in [0.15, 0.2) is 0 Å². The number of amides is 2. The van der Waals surface area contributed by atoms with Crippen molar-refractivity contribution in [1.29, 1.82) is 0 Å². The fourth-order valence-electron chi connectivity index (χ4n) is 2.78. The highest BCUT2D eigenvalue weighted by Crippen LogP contribution is 2.15. The van der Waals surface area contributed by atoms with Gasteiger partial charge < -0.3 is 10.2 Å². The van der Waals surface area contributed by atoms with Crippen LogP contribution in [0.1, 0.15) is 44.5 Å². The summed E-state index contributed by atoms with van der Waals surface area (Å²) in [4.78, 5) is 28.9.